The van der Waals surface area contributed by atoms with Gasteiger partial charge >= 0.3 is 0 Å². The van der Waals surface area contributed by atoms with Crippen LogP contribution in [-0.2, 0) is 4.79 Å². The fraction of sp³-hybridized carbons (Fsp3) is 0.714. The molecule has 1 saturated heterocycles. The minimum atomic E-state index is 0.289. The van der Waals surface area contributed by atoms with E-state index in [-0.39, 0.29) is 6.04 Å². The lowest BCUT2D eigenvalue weighted by molar-refractivity contribution is 0.564. The summed E-state index contributed by atoms with van der Waals surface area (Å²) in [4.78, 5) is 9.85. The fourth-order valence-electron chi connectivity index (χ4n) is 1.18. The molecule has 1 heterocycles. The number of carbonyl (C=O) groups excluding carboxylic acids is 1. The average molecular weight is 125 g/mol. The highest BCUT2D eigenvalue weighted by molar-refractivity contribution is 5.46. The van der Waals surface area contributed by atoms with Gasteiger partial charge in [-0.1, -0.05) is 0 Å². The van der Waals surface area contributed by atoms with Crippen LogP contribution >= 0.6 is 0 Å². The first-order chi connectivity index (χ1) is 4.33. The van der Waals surface area contributed by atoms with Gasteiger partial charge < -0.3 is 5.32 Å². The third kappa shape index (κ3) is 1.67. The Morgan fingerprint density at radius 2 is 2.44 bits per heavy atom. The molecule has 1 rings (SSSR count). The van der Waals surface area contributed by atoms with E-state index in [4.69, 9.17) is 0 Å². The van der Waals surface area contributed by atoms with Gasteiger partial charge in [0.05, 0.1) is 0 Å². The molecule has 0 spiro atoms. The second-order valence-electron chi connectivity index (χ2n) is 2.54. The van der Waals surface area contributed by atoms with Crippen molar-refractivity contribution in [2.75, 3.05) is 0 Å². The highest BCUT2D eigenvalue weighted by Crippen LogP contribution is 2.10. The van der Waals surface area contributed by atoms with Crippen molar-refractivity contribution in [2.45, 2.75) is 31.8 Å². The second-order valence-corrected chi connectivity index (χ2v) is 2.54. The molecule has 1 N–H and O–H groups in total. The maximum absolute atomic E-state index is 9.85. The van der Waals surface area contributed by atoms with E-state index < -0.39 is 0 Å². The quantitative estimate of drug-likeness (QED) is 0.517. The maximum atomic E-state index is 9.85. The van der Waals surface area contributed by atoms with Crippen molar-refractivity contribution in [3.05, 3.63) is 6.08 Å². The largest absolute Gasteiger partial charge is 0.307 e. The van der Waals surface area contributed by atoms with Gasteiger partial charge in [0.1, 0.15) is 5.94 Å². The Kier molecular flexibility index (Phi) is 2.04. The number of hydrogen-bond donors (Lipinski definition) is 1. The predicted octanol–water partition coefficient (Wildman–Crippen LogP) is 0.515. The molecule has 0 amide bonds. The van der Waals surface area contributed by atoms with Crippen LogP contribution in [0.4, 0.5) is 0 Å². The van der Waals surface area contributed by atoms with Crippen LogP contribution in [0.1, 0.15) is 19.8 Å². The lowest BCUT2D eigenvalue weighted by Crippen LogP contribution is -2.25. The molecule has 1 aliphatic heterocycles. The van der Waals surface area contributed by atoms with E-state index in [2.05, 4.69) is 12.2 Å². The zero-order valence-electron chi connectivity index (χ0n) is 5.55. The molecule has 2 heteroatoms. The molecule has 1 aliphatic rings. The molecular weight excluding hydrogens is 114 g/mol. The maximum Gasteiger partial charge on any atom is 0.121 e. The van der Waals surface area contributed by atoms with Crippen LogP contribution < -0.4 is 5.32 Å². The van der Waals surface area contributed by atoms with Crippen LogP contribution in [0.5, 0.6) is 0 Å². The fourth-order valence-corrected chi connectivity index (χ4v) is 1.18. The Hall–Kier alpha value is -0.590. The Labute approximate surface area is 54.9 Å². The molecule has 50 valence electrons. The summed E-state index contributed by atoms with van der Waals surface area (Å²) >= 11 is 0. The van der Waals surface area contributed by atoms with Gasteiger partial charge in [-0.2, -0.15) is 0 Å². The van der Waals surface area contributed by atoms with Crippen molar-refractivity contribution in [2.24, 2.45) is 0 Å². The van der Waals surface area contributed by atoms with Gasteiger partial charge in [-0.05, 0) is 19.8 Å². The SMILES string of the molecule is CC1CCC(C=C=O)N1. The Morgan fingerprint density at radius 3 is 2.89 bits per heavy atom. The monoisotopic (exact) mass is 125 g/mol. The van der Waals surface area contributed by atoms with E-state index in [9.17, 15) is 4.79 Å². The van der Waals surface area contributed by atoms with Gasteiger partial charge in [0.15, 0.2) is 0 Å². The molecule has 2 atom stereocenters. The van der Waals surface area contributed by atoms with Crippen LogP contribution in [-0.4, -0.2) is 18.0 Å². The molecule has 0 radical (unpaired) electrons. The highest BCUT2D eigenvalue weighted by atomic mass is 16.1. The molecule has 0 bridgehead atoms. The second kappa shape index (κ2) is 2.81. The normalized spacial score (nSPS) is 33.9. The summed E-state index contributed by atoms with van der Waals surface area (Å²) in [6.45, 7) is 2.12. The van der Waals surface area contributed by atoms with Gasteiger partial charge in [-0.25, -0.2) is 4.79 Å². The lowest BCUT2D eigenvalue weighted by Gasteiger charge is -2.02. The van der Waals surface area contributed by atoms with E-state index in [1.165, 1.54) is 6.42 Å². The van der Waals surface area contributed by atoms with E-state index in [1.807, 2.05) is 0 Å². The van der Waals surface area contributed by atoms with Crippen molar-refractivity contribution >= 4 is 5.94 Å². The molecular formula is C7H11NO. The summed E-state index contributed by atoms with van der Waals surface area (Å²) in [6.07, 6.45) is 3.81. The third-order valence-corrected chi connectivity index (χ3v) is 1.68. The summed E-state index contributed by atoms with van der Waals surface area (Å²) in [6, 6.07) is 0.858. The van der Waals surface area contributed by atoms with Crippen molar-refractivity contribution < 1.29 is 4.79 Å². The molecule has 0 aromatic carbocycles. The summed E-state index contributed by atoms with van der Waals surface area (Å²) in [5, 5.41) is 3.24. The molecule has 0 aliphatic carbocycles. The minimum Gasteiger partial charge on any atom is -0.307 e. The molecule has 0 saturated carbocycles. The standard InChI is InChI=1S/C7H11NO/c1-6-2-3-7(8-6)4-5-9/h4,6-8H,2-3H2,1H3. The predicted molar refractivity (Wildman–Crippen MR) is 35.9 cm³/mol. The van der Waals surface area contributed by atoms with Gasteiger partial charge in [0.25, 0.3) is 0 Å². The molecule has 2 nitrogen and oxygen atoms in total. The third-order valence-electron chi connectivity index (χ3n) is 1.68. The first kappa shape index (κ1) is 6.53. The van der Waals surface area contributed by atoms with Crippen molar-refractivity contribution in [1.82, 2.24) is 5.32 Å². The Morgan fingerprint density at radius 1 is 1.67 bits per heavy atom. The topological polar surface area (TPSA) is 29.1 Å². The lowest BCUT2D eigenvalue weighted by atomic mass is 10.2. The molecule has 1 fully saturated rings. The summed E-state index contributed by atoms with van der Waals surface area (Å²) in [7, 11) is 0. The van der Waals surface area contributed by atoms with Gasteiger partial charge in [0.2, 0.25) is 0 Å². The average Bonchev–Trinajstić information content (AvgIpc) is 2.17. The van der Waals surface area contributed by atoms with E-state index in [0.29, 0.717) is 6.04 Å². The molecule has 2 unspecified atom stereocenters. The Bertz CT molecular complexity index is 138. The van der Waals surface area contributed by atoms with Gasteiger partial charge in [-0.15, -0.1) is 0 Å². The van der Waals surface area contributed by atoms with Crippen molar-refractivity contribution in [3.63, 3.8) is 0 Å². The van der Waals surface area contributed by atoms with Gasteiger partial charge in [0, 0.05) is 18.2 Å². The number of rotatable bonds is 1. The van der Waals surface area contributed by atoms with E-state index >= 15 is 0 Å². The van der Waals surface area contributed by atoms with Crippen LogP contribution in [0.25, 0.3) is 0 Å². The Balaban J connectivity index is 2.38. The van der Waals surface area contributed by atoms with Crippen molar-refractivity contribution in [3.8, 4) is 0 Å². The van der Waals surface area contributed by atoms with E-state index in [0.717, 1.165) is 6.42 Å². The zero-order valence-corrected chi connectivity index (χ0v) is 5.55. The van der Waals surface area contributed by atoms with Crippen LogP contribution in [0.3, 0.4) is 0 Å². The van der Waals surface area contributed by atoms with E-state index in [1.54, 1.807) is 12.0 Å². The summed E-state index contributed by atoms with van der Waals surface area (Å²) in [5.41, 5.74) is 0. The molecule has 9 heavy (non-hydrogen) atoms. The van der Waals surface area contributed by atoms with Crippen LogP contribution in [0.2, 0.25) is 0 Å². The van der Waals surface area contributed by atoms with Crippen LogP contribution in [0, 0.1) is 0 Å². The number of hydrogen-bond acceptors (Lipinski definition) is 2. The minimum absolute atomic E-state index is 0.289. The molecule has 0 aromatic rings. The summed E-state index contributed by atoms with van der Waals surface area (Å²) in [5.74, 6) is 1.79. The highest BCUT2D eigenvalue weighted by Gasteiger charge is 2.17. The first-order valence-corrected chi connectivity index (χ1v) is 3.30. The molecule has 0 aromatic heterocycles. The summed E-state index contributed by atoms with van der Waals surface area (Å²) < 4.78 is 0. The van der Waals surface area contributed by atoms with Gasteiger partial charge in [-0.3, -0.25) is 0 Å². The smallest absolute Gasteiger partial charge is 0.121 e. The number of nitrogens with one attached hydrogen (secondary N) is 1. The van der Waals surface area contributed by atoms with Crippen molar-refractivity contribution in [1.29, 1.82) is 0 Å². The van der Waals surface area contributed by atoms with Crippen LogP contribution in [0.15, 0.2) is 6.08 Å². The first-order valence-electron chi connectivity index (χ1n) is 3.30. The zero-order chi connectivity index (χ0) is 6.69.